The second-order valence-corrected chi connectivity index (χ2v) is 8.23. The Morgan fingerprint density at radius 3 is 1.96 bits per heavy atom. The van der Waals surface area contributed by atoms with Gasteiger partial charge in [-0.1, -0.05) is 12.1 Å². The molecule has 5 rings (SSSR count). The zero-order chi connectivity index (χ0) is 18.0. The molecule has 4 saturated carbocycles. The van der Waals surface area contributed by atoms with Gasteiger partial charge in [-0.2, -0.15) is 13.2 Å². The molecule has 0 amide bonds. The standard InChI is InChI=1S/C19H19F3O3/c20-19(21,22)14-3-1-13(2-4-14)15(23)17-6-11-5-12(7-17)9-18(8-11,10-17)16(24)25/h1-4,11-12H,5-10H2,(H,24,25). The molecule has 3 nitrogen and oxygen atoms in total. The number of carbonyl (C=O) groups excluding carboxylic acids is 1. The number of benzene rings is 1. The van der Waals surface area contributed by atoms with Crippen LogP contribution in [0.5, 0.6) is 0 Å². The molecule has 0 spiro atoms. The highest BCUT2D eigenvalue weighted by Gasteiger charge is 2.63. The Kier molecular flexibility index (Phi) is 3.38. The van der Waals surface area contributed by atoms with Gasteiger partial charge in [0.2, 0.25) is 0 Å². The molecule has 0 radical (unpaired) electrons. The summed E-state index contributed by atoms with van der Waals surface area (Å²) in [6, 6.07) is 4.33. The van der Waals surface area contributed by atoms with Crippen molar-refractivity contribution in [3.8, 4) is 0 Å². The number of aliphatic carboxylic acids is 1. The molecule has 2 atom stereocenters. The molecule has 4 aliphatic rings. The van der Waals surface area contributed by atoms with Gasteiger partial charge in [0.05, 0.1) is 11.0 Å². The molecule has 1 N–H and O–H groups in total. The first-order valence-electron chi connectivity index (χ1n) is 8.59. The van der Waals surface area contributed by atoms with Gasteiger partial charge >= 0.3 is 12.1 Å². The van der Waals surface area contributed by atoms with E-state index in [9.17, 15) is 27.9 Å². The first kappa shape index (κ1) is 16.6. The van der Waals surface area contributed by atoms with Crippen LogP contribution in [0.1, 0.15) is 54.4 Å². The van der Waals surface area contributed by atoms with Crippen molar-refractivity contribution < 1.29 is 27.9 Å². The lowest BCUT2D eigenvalue weighted by Gasteiger charge is -2.59. The summed E-state index contributed by atoms with van der Waals surface area (Å²) in [6.45, 7) is 0. The van der Waals surface area contributed by atoms with Crippen LogP contribution in [0.15, 0.2) is 24.3 Å². The van der Waals surface area contributed by atoms with Crippen molar-refractivity contribution >= 4 is 11.8 Å². The summed E-state index contributed by atoms with van der Waals surface area (Å²) in [5, 5.41) is 9.74. The highest BCUT2D eigenvalue weighted by atomic mass is 19.4. The normalized spacial score (nSPS) is 36.4. The van der Waals surface area contributed by atoms with Gasteiger partial charge < -0.3 is 5.11 Å². The topological polar surface area (TPSA) is 54.4 Å². The van der Waals surface area contributed by atoms with Crippen LogP contribution in [0.2, 0.25) is 0 Å². The summed E-state index contributed by atoms with van der Waals surface area (Å²) in [7, 11) is 0. The van der Waals surface area contributed by atoms with Crippen LogP contribution in [0.3, 0.4) is 0 Å². The lowest BCUT2D eigenvalue weighted by molar-refractivity contribution is -0.169. The van der Waals surface area contributed by atoms with Gasteiger partial charge in [0.1, 0.15) is 0 Å². The molecule has 0 heterocycles. The Hall–Kier alpha value is -1.85. The summed E-state index contributed by atoms with van der Waals surface area (Å²) >= 11 is 0. The fourth-order valence-electron chi connectivity index (χ4n) is 5.90. The van der Waals surface area contributed by atoms with E-state index >= 15 is 0 Å². The molecule has 1 aromatic carbocycles. The highest BCUT2D eigenvalue weighted by Crippen LogP contribution is 2.66. The number of rotatable bonds is 3. The monoisotopic (exact) mass is 352 g/mol. The Bertz CT molecular complexity index is 721. The largest absolute Gasteiger partial charge is 0.481 e. The van der Waals surface area contributed by atoms with Gasteiger partial charge in [-0.3, -0.25) is 9.59 Å². The van der Waals surface area contributed by atoms with Crippen LogP contribution in [0.25, 0.3) is 0 Å². The number of alkyl halides is 3. The van der Waals surface area contributed by atoms with Crippen LogP contribution < -0.4 is 0 Å². The van der Waals surface area contributed by atoms with Gasteiger partial charge in [-0.15, -0.1) is 0 Å². The second-order valence-electron chi connectivity index (χ2n) is 8.23. The van der Waals surface area contributed by atoms with Crippen molar-refractivity contribution in [3.05, 3.63) is 35.4 Å². The molecule has 0 saturated heterocycles. The predicted molar refractivity (Wildman–Crippen MR) is 83.0 cm³/mol. The zero-order valence-corrected chi connectivity index (χ0v) is 13.6. The Morgan fingerprint density at radius 1 is 0.960 bits per heavy atom. The molecule has 4 bridgehead atoms. The maximum absolute atomic E-state index is 13.1. The number of Topliss-reactive ketones (excluding diaryl/α,β-unsaturated/α-hetero) is 1. The lowest BCUT2D eigenvalue weighted by atomic mass is 9.43. The summed E-state index contributed by atoms with van der Waals surface area (Å²) in [6.07, 6.45) is -0.562. The van der Waals surface area contributed by atoms with E-state index in [0.717, 1.165) is 18.6 Å². The molecule has 1 aromatic rings. The number of carbonyl (C=O) groups is 2. The van der Waals surface area contributed by atoms with E-state index in [0.29, 0.717) is 32.1 Å². The van der Waals surface area contributed by atoms with Crippen molar-refractivity contribution in [1.82, 2.24) is 0 Å². The smallest absolute Gasteiger partial charge is 0.416 e. The van der Waals surface area contributed by atoms with Crippen LogP contribution in [-0.2, 0) is 11.0 Å². The fraction of sp³-hybridized carbons (Fsp3) is 0.579. The van der Waals surface area contributed by atoms with E-state index < -0.39 is 28.5 Å². The predicted octanol–water partition coefficient (Wildman–Crippen LogP) is 4.56. The molecular formula is C19H19F3O3. The van der Waals surface area contributed by atoms with Crippen molar-refractivity contribution in [1.29, 1.82) is 0 Å². The highest BCUT2D eigenvalue weighted by molar-refractivity contribution is 6.01. The number of carboxylic acids is 1. The molecule has 0 aromatic heterocycles. The lowest BCUT2D eigenvalue weighted by Crippen LogP contribution is -2.57. The third-order valence-electron chi connectivity index (χ3n) is 6.47. The van der Waals surface area contributed by atoms with E-state index in [2.05, 4.69) is 0 Å². The number of ketones is 1. The zero-order valence-electron chi connectivity index (χ0n) is 13.6. The number of hydrogen-bond acceptors (Lipinski definition) is 2. The SMILES string of the molecule is O=C(O)C12CC3CC(C1)CC(C(=O)c1ccc(C(F)(F)F)cc1)(C3)C2. The minimum absolute atomic E-state index is 0.180. The van der Waals surface area contributed by atoms with Gasteiger partial charge in [0.25, 0.3) is 0 Å². The molecule has 2 unspecified atom stereocenters. The van der Waals surface area contributed by atoms with Crippen molar-refractivity contribution in [2.24, 2.45) is 22.7 Å². The number of hydrogen-bond donors (Lipinski definition) is 1. The van der Waals surface area contributed by atoms with E-state index in [1.807, 2.05) is 0 Å². The molecular weight excluding hydrogens is 333 g/mol. The summed E-state index contributed by atoms with van der Waals surface area (Å²) < 4.78 is 38.2. The van der Waals surface area contributed by atoms with Crippen molar-refractivity contribution in [3.63, 3.8) is 0 Å². The number of carboxylic acid groups (broad SMARTS) is 1. The molecule has 4 fully saturated rings. The maximum atomic E-state index is 13.1. The quantitative estimate of drug-likeness (QED) is 0.812. The van der Waals surface area contributed by atoms with E-state index in [4.69, 9.17) is 0 Å². The minimum atomic E-state index is -4.43. The van der Waals surface area contributed by atoms with Gasteiger partial charge in [0.15, 0.2) is 5.78 Å². The first-order chi connectivity index (χ1) is 11.6. The molecule has 134 valence electrons. The average Bonchev–Trinajstić information content (AvgIpc) is 2.52. The average molecular weight is 352 g/mol. The Morgan fingerprint density at radius 2 is 1.48 bits per heavy atom. The summed E-state index contributed by atoms with van der Waals surface area (Å²) in [5.41, 5.74) is -2.07. The third kappa shape index (κ3) is 2.49. The molecule has 25 heavy (non-hydrogen) atoms. The van der Waals surface area contributed by atoms with Crippen molar-refractivity contribution in [2.75, 3.05) is 0 Å². The van der Waals surface area contributed by atoms with E-state index in [-0.39, 0.29) is 23.2 Å². The summed E-state index contributed by atoms with van der Waals surface area (Å²) in [5.74, 6) is -0.543. The number of halogens is 3. The molecule has 4 aliphatic carbocycles. The van der Waals surface area contributed by atoms with Crippen LogP contribution in [0.4, 0.5) is 13.2 Å². The Balaban J connectivity index is 1.67. The third-order valence-corrected chi connectivity index (χ3v) is 6.47. The van der Waals surface area contributed by atoms with Crippen LogP contribution >= 0.6 is 0 Å². The summed E-state index contributed by atoms with van der Waals surface area (Å²) in [4.78, 5) is 25.0. The second kappa shape index (κ2) is 5.08. The van der Waals surface area contributed by atoms with Crippen LogP contribution in [0, 0.1) is 22.7 Å². The first-order valence-corrected chi connectivity index (χ1v) is 8.59. The van der Waals surface area contributed by atoms with Gasteiger partial charge in [0, 0.05) is 11.0 Å². The van der Waals surface area contributed by atoms with E-state index in [1.54, 1.807) is 0 Å². The molecule has 6 heteroatoms. The van der Waals surface area contributed by atoms with E-state index in [1.165, 1.54) is 12.1 Å². The van der Waals surface area contributed by atoms with Gasteiger partial charge in [-0.25, -0.2) is 0 Å². The fourth-order valence-corrected chi connectivity index (χ4v) is 5.90. The van der Waals surface area contributed by atoms with Crippen molar-refractivity contribution in [2.45, 2.75) is 44.7 Å². The van der Waals surface area contributed by atoms with Crippen LogP contribution in [-0.4, -0.2) is 16.9 Å². The molecule has 0 aliphatic heterocycles. The Labute approximate surface area is 143 Å². The minimum Gasteiger partial charge on any atom is -0.481 e. The van der Waals surface area contributed by atoms with Gasteiger partial charge in [-0.05, 0) is 62.5 Å². The maximum Gasteiger partial charge on any atom is 0.416 e.